The minimum atomic E-state index is -1.68. The summed E-state index contributed by atoms with van der Waals surface area (Å²) in [6.45, 7) is 1.43. The molecule has 0 aromatic carbocycles. The Balaban J connectivity index is 3.82. The SMILES string of the molecule is CC(O)C#CC(O)CCC(=O)OC(=O)O. The number of rotatable bonds is 3. The van der Waals surface area contributed by atoms with E-state index in [1.807, 2.05) is 0 Å². The van der Waals surface area contributed by atoms with Crippen LogP contribution in [0, 0.1) is 11.8 Å². The van der Waals surface area contributed by atoms with Gasteiger partial charge in [-0.25, -0.2) is 4.79 Å². The van der Waals surface area contributed by atoms with Gasteiger partial charge in [-0.3, -0.25) is 4.79 Å². The van der Waals surface area contributed by atoms with Gasteiger partial charge in [0.1, 0.15) is 12.2 Å². The fraction of sp³-hybridized carbons (Fsp3) is 0.556. The lowest BCUT2D eigenvalue weighted by atomic mass is 10.2. The van der Waals surface area contributed by atoms with Gasteiger partial charge < -0.3 is 20.1 Å². The Morgan fingerprint density at radius 2 is 1.93 bits per heavy atom. The zero-order chi connectivity index (χ0) is 11.8. The topological polar surface area (TPSA) is 104 Å². The Hall–Kier alpha value is -1.58. The second kappa shape index (κ2) is 6.81. The van der Waals surface area contributed by atoms with Crippen molar-refractivity contribution in [3.05, 3.63) is 0 Å². The summed E-state index contributed by atoms with van der Waals surface area (Å²) in [6, 6.07) is 0. The normalized spacial score (nSPS) is 13.3. The van der Waals surface area contributed by atoms with E-state index in [0.717, 1.165) is 0 Å². The van der Waals surface area contributed by atoms with Crippen molar-refractivity contribution in [2.45, 2.75) is 32.0 Å². The van der Waals surface area contributed by atoms with E-state index >= 15 is 0 Å². The van der Waals surface area contributed by atoms with Gasteiger partial charge in [-0.05, 0) is 13.3 Å². The van der Waals surface area contributed by atoms with Crippen LogP contribution in [-0.4, -0.2) is 39.7 Å². The highest BCUT2D eigenvalue weighted by Gasteiger charge is 2.10. The van der Waals surface area contributed by atoms with E-state index in [4.69, 9.17) is 15.3 Å². The van der Waals surface area contributed by atoms with Crippen LogP contribution in [0.4, 0.5) is 4.79 Å². The molecule has 0 aliphatic rings. The first-order chi connectivity index (χ1) is 6.91. The van der Waals surface area contributed by atoms with Crippen LogP contribution in [0.2, 0.25) is 0 Å². The Bertz CT molecular complexity index is 285. The van der Waals surface area contributed by atoms with Crippen LogP contribution in [-0.2, 0) is 9.53 Å². The maximum atomic E-state index is 10.7. The molecule has 84 valence electrons. The molecule has 0 radical (unpaired) electrons. The predicted molar refractivity (Wildman–Crippen MR) is 48.8 cm³/mol. The van der Waals surface area contributed by atoms with Crippen molar-refractivity contribution >= 4 is 12.1 Å². The van der Waals surface area contributed by atoms with Crippen LogP contribution < -0.4 is 0 Å². The highest BCUT2D eigenvalue weighted by Crippen LogP contribution is 1.98. The molecule has 0 spiro atoms. The molecule has 0 heterocycles. The molecule has 0 bridgehead atoms. The molecule has 0 amide bonds. The quantitative estimate of drug-likeness (QED) is 0.341. The average molecular weight is 216 g/mol. The summed E-state index contributed by atoms with van der Waals surface area (Å²) in [5.74, 6) is 3.64. The average Bonchev–Trinajstić information content (AvgIpc) is 2.10. The van der Waals surface area contributed by atoms with Crippen molar-refractivity contribution in [2.24, 2.45) is 0 Å². The fourth-order valence-corrected chi connectivity index (χ4v) is 0.692. The summed E-state index contributed by atoms with van der Waals surface area (Å²) in [5.41, 5.74) is 0. The van der Waals surface area contributed by atoms with Gasteiger partial charge in [0.15, 0.2) is 0 Å². The highest BCUT2D eigenvalue weighted by molar-refractivity contribution is 5.80. The number of ether oxygens (including phenoxy) is 1. The summed E-state index contributed by atoms with van der Waals surface area (Å²) in [5, 5.41) is 25.9. The molecular formula is C9H12O6. The van der Waals surface area contributed by atoms with E-state index in [-0.39, 0.29) is 12.8 Å². The van der Waals surface area contributed by atoms with Gasteiger partial charge >= 0.3 is 12.1 Å². The molecule has 0 saturated heterocycles. The first-order valence-electron chi connectivity index (χ1n) is 4.22. The van der Waals surface area contributed by atoms with Crippen molar-refractivity contribution in [1.82, 2.24) is 0 Å². The van der Waals surface area contributed by atoms with Crippen molar-refractivity contribution in [1.29, 1.82) is 0 Å². The third-order valence-corrected chi connectivity index (χ3v) is 1.28. The van der Waals surface area contributed by atoms with Crippen LogP contribution in [0.15, 0.2) is 0 Å². The zero-order valence-corrected chi connectivity index (χ0v) is 8.14. The molecule has 2 unspecified atom stereocenters. The van der Waals surface area contributed by atoms with E-state index in [1.165, 1.54) is 6.92 Å². The van der Waals surface area contributed by atoms with Crippen LogP contribution in [0.1, 0.15) is 19.8 Å². The maximum Gasteiger partial charge on any atom is 0.513 e. The number of carbonyl (C=O) groups excluding carboxylic acids is 1. The lowest BCUT2D eigenvalue weighted by molar-refractivity contribution is -0.139. The summed E-state index contributed by atoms with van der Waals surface area (Å²) in [6.07, 6.45) is -3.90. The van der Waals surface area contributed by atoms with Gasteiger partial charge in [-0.2, -0.15) is 0 Å². The van der Waals surface area contributed by atoms with Crippen molar-refractivity contribution in [3.63, 3.8) is 0 Å². The third kappa shape index (κ3) is 8.74. The van der Waals surface area contributed by atoms with Gasteiger partial charge in [-0.1, -0.05) is 11.8 Å². The van der Waals surface area contributed by atoms with Gasteiger partial charge in [0.25, 0.3) is 0 Å². The molecule has 0 aliphatic heterocycles. The number of hydrogen-bond acceptors (Lipinski definition) is 5. The van der Waals surface area contributed by atoms with Crippen LogP contribution in [0.5, 0.6) is 0 Å². The van der Waals surface area contributed by atoms with Crippen LogP contribution in [0.3, 0.4) is 0 Å². The minimum Gasteiger partial charge on any atom is -0.449 e. The first kappa shape index (κ1) is 13.4. The van der Waals surface area contributed by atoms with Gasteiger partial charge in [0.05, 0.1) is 0 Å². The first-order valence-corrected chi connectivity index (χ1v) is 4.22. The van der Waals surface area contributed by atoms with E-state index in [9.17, 15) is 9.59 Å². The lowest BCUT2D eigenvalue weighted by Gasteiger charge is -2.01. The summed E-state index contributed by atoms with van der Waals surface area (Å²) in [4.78, 5) is 20.6. The molecule has 0 rings (SSSR count). The third-order valence-electron chi connectivity index (χ3n) is 1.28. The molecule has 0 saturated carbocycles. The van der Waals surface area contributed by atoms with Gasteiger partial charge in [0, 0.05) is 6.42 Å². The van der Waals surface area contributed by atoms with E-state index in [1.54, 1.807) is 0 Å². The zero-order valence-electron chi connectivity index (χ0n) is 8.14. The van der Waals surface area contributed by atoms with E-state index in [2.05, 4.69) is 16.6 Å². The largest absolute Gasteiger partial charge is 0.513 e. The molecule has 3 N–H and O–H groups in total. The monoisotopic (exact) mass is 216 g/mol. The fourth-order valence-electron chi connectivity index (χ4n) is 0.692. The van der Waals surface area contributed by atoms with Crippen LogP contribution >= 0.6 is 0 Å². The second-order valence-corrected chi connectivity index (χ2v) is 2.76. The van der Waals surface area contributed by atoms with Gasteiger partial charge in [0.2, 0.25) is 0 Å². The molecule has 2 atom stereocenters. The summed E-state index contributed by atoms with van der Waals surface area (Å²) in [7, 11) is 0. The summed E-state index contributed by atoms with van der Waals surface area (Å²) < 4.78 is 3.80. The number of carbonyl (C=O) groups is 2. The molecule has 6 heteroatoms. The molecular weight excluding hydrogens is 204 g/mol. The van der Waals surface area contributed by atoms with E-state index in [0.29, 0.717) is 0 Å². The number of aliphatic hydroxyl groups is 2. The van der Waals surface area contributed by atoms with Crippen molar-refractivity contribution in [3.8, 4) is 11.8 Å². The number of carboxylic acid groups (broad SMARTS) is 1. The smallest absolute Gasteiger partial charge is 0.449 e. The van der Waals surface area contributed by atoms with Crippen molar-refractivity contribution in [2.75, 3.05) is 0 Å². The van der Waals surface area contributed by atoms with Gasteiger partial charge in [-0.15, -0.1) is 0 Å². The molecule has 0 fully saturated rings. The minimum absolute atomic E-state index is 0.0359. The standard InChI is InChI=1S/C9H12O6/c1-6(10)2-3-7(11)4-5-8(12)15-9(13)14/h6-7,10-11H,4-5H2,1H3,(H,13,14). The Kier molecular flexibility index (Phi) is 6.09. The molecule has 0 aromatic rings. The Morgan fingerprint density at radius 3 is 2.40 bits per heavy atom. The number of hydrogen-bond donors (Lipinski definition) is 3. The lowest BCUT2D eigenvalue weighted by Crippen LogP contribution is -2.13. The van der Waals surface area contributed by atoms with E-state index < -0.39 is 24.3 Å². The highest BCUT2D eigenvalue weighted by atomic mass is 16.7. The van der Waals surface area contributed by atoms with Crippen molar-refractivity contribution < 1.29 is 29.6 Å². The molecule has 0 aliphatic carbocycles. The number of aliphatic hydroxyl groups excluding tert-OH is 2. The molecule has 15 heavy (non-hydrogen) atoms. The molecule has 0 aromatic heterocycles. The Labute approximate surface area is 86.5 Å². The molecule has 6 nitrogen and oxygen atoms in total. The Morgan fingerprint density at radius 1 is 1.33 bits per heavy atom. The predicted octanol–water partition coefficient (Wildman–Crippen LogP) is -0.267. The maximum absolute atomic E-state index is 10.7. The number of esters is 1. The summed E-state index contributed by atoms with van der Waals surface area (Å²) >= 11 is 0. The van der Waals surface area contributed by atoms with Crippen LogP contribution in [0.25, 0.3) is 0 Å². The second-order valence-electron chi connectivity index (χ2n) is 2.76.